The fraction of sp³-hybridized carbons (Fsp3) is 0.750. The molecule has 4 amide bonds. The predicted molar refractivity (Wildman–Crippen MR) is 507 cm³/mol. The minimum absolute atomic E-state index is 0.0366. The van der Waals surface area contributed by atoms with Crippen LogP contribution in [0.4, 0.5) is 24.9 Å². The van der Waals surface area contributed by atoms with E-state index in [1.54, 1.807) is 30.5 Å². The first-order chi connectivity index (χ1) is 59.5. The van der Waals surface area contributed by atoms with Crippen molar-refractivity contribution in [2.75, 3.05) is 70.5 Å². The van der Waals surface area contributed by atoms with Crippen molar-refractivity contribution in [3.8, 4) is 22.5 Å². The third-order valence-electron chi connectivity index (χ3n) is 24.0. The highest BCUT2D eigenvalue weighted by Gasteiger charge is 2.23. The van der Waals surface area contributed by atoms with Crippen LogP contribution in [0.15, 0.2) is 77.9 Å². The summed E-state index contributed by atoms with van der Waals surface area (Å²) in [4.78, 5) is 63.8. The molecular weight excluding hydrogens is 1510 g/mol. The van der Waals surface area contributed by atoms with Crippen LogP contribution in [0.25, 0.3) is 33.4 Å². The second-order valence-electron chi connectivity index (χ2n) is 34.7. The number of nitrogens with zero attached hydrogens (tertiary/aromatic N) is 2. The molecule has 5 N–H and O–H groups in total. The predicted octanol–water partition coefficient (Wildman–Crippen LogP) is 28.8. The van der Waals surface area contributed by atoms with Gasteiger partial charge in [0.05, 0.1) is 18.6 Å². The summed E-state index contributed by atoms with van der Waals surface area (Å²) < 4.78 is 25.9. The van der Waals surface area contributed by atoms with Crippen LogP contribution in [0, 0.1) is 0 Å². The Morgan fingerprint density at radius 1 is 0.380 bits per heavy atom. The summed E-state index contributed by atoms with van der Waals surface area (Å²) in [5, 5.41) is 33.8. The van der Waals surface area contributed by atoms with Crippen LogP contribution < -0.4 is 41.2 Å². The summed E-state index contributed by atoms with van der Waals surface area (Å²) in [5.41, 5.74) is 3.03. The molecule has 1 heterocycles. The van der Waals surface area contributed by atoms with E-state index >= 15 is 0 Å². The molecule has 0 bridgehead atoms. The maximum absolute atomic E-state index is 13.1. The molecular formula is C104H178N6O11. The number of amides is 4. The van der Waals surface area contributed by atoms with Crippen molar-refractivity contribution in [2.45, 2.75) is 439 Å². The van der Waals surface area contributed by atoms with Crippen molar-refractivity contribution in [3.63, 3.8) is 0 Å². The number of hydrogen-bond donors (Lipinski definition) is 5. The Hall–Kier alpha value is -6.78. The lowest BCUT2D eigenvalue weighted by Crippen LogP contribution is -2.38. The van der Waals surface area contributed by atoms with Crippen molar-refractivity contribution in [1.29, 1.82) is 0 Å². The molecule has 2 aromatic carbocycles. The number of aromatic carboxylic acids is 1. The summed E-state index contributed by atoms with van der Waals surface area (Å²) >= 11 is 0. The zero-order valence-corrected chi connectivity index (χ0v) is 77.8. The average molecular weight is 1690 g/mol. The molecule has 0 radical (unpaired) electrons. The van der Waals surface area contributed by atoms with E-state index in [4.69, 9.17) is 23.7 Å². The summed E-state index contributed by atoms with van der Waals surface area (Å²) in [6, 6.07) is 18.2. The van der Waals surface area contributed by atoms with E-state index < -0.39 is 30.3 Å². The molecule has 2 aromatic rings. The minimum atomic E-state index is -1.30. The first-order valence-corrected chi connectivity index (χ1v) is 50.4. The number of carboxylic acid groups (broad SMARTS) is 2. The molecule has 0 saturated heterocycles. The molecule has 0 aromatic heterocycles. The highest BCUT2D eigenvalue weighted by Crippen LogP contribution is 2.42. The van der Waals surface area contributed by atoms with Crippen molar-refractivity contribution < 1.29 is 52.8 Å². The number of anilines is 1. The van der Waals surface area contributed by atoms with Crippen LogP contribution >= 0.6 is 0 Å². The Bertz CT molecular complexity index is 3150. The number of alkyl carbamates (subject to hydrolysis) is 3. The number of rotatable bonds is 81. The van der Waals surface area contributed by atoms with Crippen LogP contribution in [0.1, 0.15) is 449 Å². The maximum atomic E-state index is 13.1. The van der Waals surface area contributed by atoms with Crippen LogP contribution in [-0.2, 0) is 14.2 Å². The number of carbonyl (C=O) groups excluding carboxylic acids is 4. The molecule has 4 rings (SSSR count). The third kappa shape index (κ3) is 58.9. The van der Waals surface area contributed by atoms with Crippen molar-refractivity contribution >= 4 is 47.0 Å². The van der Waals surface area contributed by atoms with Gasteiger partial charge in [0.2, 0.25) is 5.36 Å². The largest absolute Gasteiger partial charge is 0.545 e. The number of ether oxygens (including phenoxy) is 3. The molecule has 17 heteroatoms. The summed E-state index contributed by atoms with van der Waals surface area (Å²) in [6.07, 6.45) is 82.8. The Balaban J connectivity index is 0.00000149. The fourth-order valence-corrected chi connectivity index (χ4v) is 16.5. The lowest BCUT2D eigenvalue weighted by atomic mass is 9.90. The van der Waals surface area contributed by atoms with E-state index in [9.17, 15) is 29.1 Å². The van der Waals surface area contributed by atoms with Crippen LogP contribution in [0.5, 0.6) is 0 Å². The van der Waals surface area contributed by atoms with Gasteiger partial charge in [0.1, 0.15) is 18.0 Å². The van der Waals surface area contributed by atoms with Gasteiger partial charge in [-0.3, -0.25) is 0 Å². The van der Waals surface area contributed by atoms with Gasteiger partial charge in [0.15, 0.2) is 26.3 Å². The normalized spacial score (nSPS) is 11.2. The second-order valence-corrected chi connectivity index (χ2v) is 34.7. The molecule has 690 valence electrons. The molecule has 0 saturated carbocycles. The van der Waals surface area contributed by atoms with Crippen molar-refractivity contribution in [2.24, 2.45) is 0 Å². The molecule has 121 heavy (non-hydrogen) atoms. The first-order valence-electron chi connectivity index (χ1n) is 50.4. The second kappa shape index (κ2) is 79.1. The van der Waals surface area contributed by atoms with Crippen LogP contribution in [-0.4, -0.2) is 101 Å². The fourth-order valence-electron chi connectivity index (χ4n) is 16.5. The van der Waals surface area contributed by atoms with Gasteiger partial charge in [-0.05, 0) is 55.6 Å². The van der Waals surface area contributed by atoms with Gasteiger partial charge in [-0.15, -0.1) is 0 Å². The quantitative estimate of drug-likeness (QED) is 0.0121. The molecule has 0 atom stereocenters. The van der Waals surface area contributed by atoms with Gasteiger partial charge >= 0.3 is 24.4 Å². The van der Waals surface area contributed by atoms with E-state index in [0.29, 0.717) is 71.5 Å². The average Bonchev–Trinajstić information content (AvgIpc) is 0.745. The maximum Gasteiger partial charge on any atom is 0.407 e. The van der Waals surface area contributed by atoms with Gasteiger partial charge in [-0.1, -0.05) is 444 Å². The zero-order valence-electron chi connectivity index (χ0n) is 77.8. The lowest BCUT2D eigenvalue weighted by molar-refractivity contribution is -0.255. The van der Waals surface area contributed by atoms with E-state index in [2.05, 4.69) is 55.5 Å². The Labute approximate surface area is 737 Å². The van der Waals surface area contributed by atoms with Gasteiger partial charge in [0, 0.05) is 66.1 Å². The number of unbranched alkanes of at least 4 members (excludes halogenated alkanes) is 60. The first kappa shape index (κ1) is 108. The van der Waals surface area contributed by atoms with Crippen LogP contribution in [0.3, 0.4) is 0 Å². The highest BCUT2D eigenvalue weighted by molar-refractivity contribution is 6.07. The molecule has 0 unspecified atom stereocenters. The monoisotopic (exact) mass is 1690 g/mol. The van der Waals surface area contributed by atoms with E-state index in [1.807, 2.05) is 45.9 Å². The number of nitrogens with one attached hydrogen (secondary N) is 4. The number of carboxylic acids is 1. The number of hydrogen-bond acceptors (Lipinski definition) is 11. The lowest BCUT2D eigenvalue weighted by Gasteiger charge is -2.22. The summed E-state index contributed by atoms with van der Waals surface area (Å²) in [6.45, 7) is 16.6. The van der Waals surface area contributed by atoms with E-state index in [0.717, 1.165) is 69.9 Å². The third-order valence-corrected chi connectivity index (χ3v) is 24.0. The zero-order chi connectivity index (χ0) is 87.0. The molecule has 0 spiro atoms. The highest BCUT2D eigenvalue weighted by atomic mass is 16.6. The van der Waals surface area contributed by atoms with Crippen molar-refractivity contribution in [1.82, 2.24) is 25.8 Å². The summed E-state index contributed by atoms with van der Waals surface area (Å²) in [7, 11) is 0. The molecule has 1 aliphatic carbocycles. The standard InChI is InChI=1S/C85H139N5O9.C19H39NO2/c1-5-9-12-15-18-21-24-27-30-33-36-39-42-45-48-53-62-86-83(93)96-68-65-89(8-4)73-58-60-77-79(71-73)99-80-72-74(59-61-78(80)81(77)75-56-51-52-57-76(75)82(91)92)90(66-69-97-84(94)87-63-54-49-46-43-40-37-34-31-28-25-22-19-16-13-10-6-2)67-70-98-85(95)88-64-55-50-47-44-41-38-35-32-29-26-23-20-17-14-11-7-3;1-2-3-4-5-6-7-8-9-10-11-12-13-14-15-16-17-18-20-19(21)22/h8,51-52,56-61,71-72H,4-7,9-50,53-55,62-70H2,1-3H3,(H3-,86,87,88,91,92,93,94,95);20H,2-18H2,1H3,(H,21,22). The molecule has 2 aliphatic rings. The number of fused-ring (bicyclic) bond motifs is 2. The van der Waals surface area contributed by atoms with Crippen LogP contribution in [0.2, 0.25) is 0 Å². The Kier molecular flexibility index (Phi) is 70.9. The molecule has 17 nitrogen and oxygen atoms in total. The topological polar surface area (TPSA) is 224 Å². The Morgan fingerprint density at radius 3 is 1.00 bits per heavy atom. The molecule has 0 fully saturated rings. The number of carbonyl (C=O) groups is 5. The SMILES string of the molecule is C=CN(CCOC(=O)NCCCCCCCCCCCCCCCCCC)c1ccc2c(-c3ccccc3C(=O)[O-])c3ccc(=[N+](CCOC(=O)NCCCCCCCCCCCCCCCCCC)CCOC(=O)NCCCCCCCCCCCCCCCCCC)cc-3oc2c1.CCCCCCCCCCCCCCCCCCNC(=O)O. The number of benzene rings is 3. The van der Waals surface area contributed by atoms with E-state index in [-0.39, 0.29) is 38.5 Å². The Morgan fingerprint density at radius 2 is 0.686 bits per heavy atom. The van der Waals surface area contributed by atoms with Gasteiger partial charge < -0.3 is 59.8 Å². The molecule has 1 aliphatic heterocycles. The smallest absolute Gasteiger partial charge is 0.407 e. The van der Waals surface area contributed by atoms with Gasteiger partial charge in [0.25, 0.3) is 0 Å². The minimum Gasteiger partial charge on any atom is -0.545 e. The van der Waals surface area contributed by atoms with Gasteiger partial charge in [-0.25, -0.2) is 23.8 Å². The van der Waals surface area contributed by atoms with Crippen molar-refractivity contribution in [3.05, 3.63) is 84.4 Å². The van der Waals surface area contributed by atoms with Gasteiger partial charge in [-0.2, -0.15) is 0 Å². The van der Waals surface area contributed by atoms with E-state index in [1.165, 1.54) is 347 Å². The summed E-state index contributed by atoms with van der Waals surface area (Å²) in [5.74, 6) is -0.836.